The lowest BCUT2D eigenvalue weighted by Gasteiger charge is -2.25. The van der Waals surface area contributed by atoms with Crippen LogP contribution >= 0.6 is 0 Å². The molecule has 0 aromatic heterocycles. The van der Waals surface area contributed by atoms with Crippen LogP contribution in [0, 0.1) is 0 Å². The molecule has 1 heterocycles. The first-order valence-electron chi connectivity index (χ1n) is 10.0. The fourth-order valence-electron chi connectivity index (χ4n) is 3.51. The van der Waals surface area contributed by atoms with Crippen LogP contribution in [-0.4, -0.2) is 45.3 Å². The van der Waals surface area contributed by atoms with Crippen molar-refractivity contribution in [2.75, 3.05) is 20.1 Å². The predicted molar refractivity (Wildman–Crippen MR) is 114 cm³/mol. The number of amides is 2. The van der Waals surface area contributed by atoms with E-state index in [1.165, 1.54) is 19.2 Å². The highest BCUT2D eigenvalue weighted by molar-refractivity contribution is 7.89. The molecule has 0 bridgehead atoms. The zero-order valence-corrected chi connectivity index (χ0v) is 17.8. The van der Waals surface area contributed by atoms with Gasteiger partial charge in [0.1, 0.15) is 0 Å². The summed E-state index contributed by atoms with van der Waals surface area (Å²) < 4.78 is 25.9. The fourth-order valence-corrected chi connectivity index (χ4v) is 4.24. The average Bonchev–Trinajstić information content (AvgIpc) is 3.17. The Morgan fingerprint density at radius 3 is 2.40 bits per heavy atom. The van der Waals surface area contributed by atoms with Gasteiger partial charge in [0, 0.05) is 25.9 Å². The number of carbonyl (C=O) groups excluding carboxylic acids is 2. The molecule has 8 heteroatoms. The summed E-state index contributed by atoms with van der Waals surface area (Å²) in [5.41, 5.74) is 1.85. The number of nitrogens with zero attached hydrogens (tertiary/aromatic N) is 1. The van der Waals surface area contributed by atoms with Crippen molar-refractivity contribution in [3.63, 3.8) is 0 Å². The molecule has 2 aromatic rings. The minimum absolute atomic E-state index is 0.109. The summed E-state index contributed by atoms with van der Waals surface area (Å²) in [6.07, 6.45) is 2.19. The minimum Gasteiger partial charge on any atom is -0.347 e. The van der Waals surface area contributed by atoms with Crippen molar-refractivity contribution in [1.29, 1.82) is 0 Å². The van der Waals surface area contributed by atoms with Gasteiger partial charge in [-0.1, -0.05) is 42.5 Å². The maximum absolute atomic E-state index is 12.6. The average molecular weight is 430 g/mol. The van der Waals surface area contributed by atoms with Crippen LogP contribution in [0.3, 0.4) is 0 Å². The molecule has 1 saturated heterocycles. The smallest absolute Gasteiger partial charge is 0.240 e. The predicted octanol–water partition coefficient (Wildman–Crippen LogP) is 2.01. The molecule has 0 radical (unpaired) electrons. The van der Waals surface area contributed by atoms with Gasteiger partial charge in [-0.15, -0.1) is 0 Å². The highest BCUT2D eigenvalue weighted by Crippen LogP contribution is 2.19. The van der Waals surface area contributed by atoms with Crippen molar-refractivity contribution < 1.29 is 18.0 Å². The Hall–Kier alpha value is -2.71. The molecule has 3 rings (SSSR count). The standard InChI is InChI=1S/C22H27N3O4S/c1-23-30(28,29)19-12-9-17(10-13-19)11-14-21(26)24-20(18-6-3-2-4-7-18)16-25-15-5-8-22(25)27/h2-4,6-7,9-10,12-13,20,23H,5,8,11,14-16H2,1H3,(H,24,26). The largest absolute Gasteiger partial charge is 0.347 e. The number of rotatable bonds is 9. The van der Waals surface area contributed by atoms with Crippen molar-refractivity contribution in [2.24, 2.45) is 0 Å². The number of nitrogens with one attached hydrogen (secondary N) is 2. The van der Waals surface area contributed by atoms with Gasteiger partial charge in [0.2, 0.25) is 21.8 Å². The Morgan fingerprint density at radius 1 is 1.10 bits per heavy atom. The summed E-state index contributed by atoms with van der Waals surface area (Å²) in [5, 5.41) is 3.06. The Kier molecular flexibility index (Phi) is 7.23. The second-order valence-corrected chi connectivity index (χ2v) is 9.21. The van der Waals surface area contributed by atoms with E-state index in [4.69, 9.17) is 0 Å². The van der Waals surface area contributed by atoms with E-state index in [2.05, 4.69) is 10.0 Å². The van der Waals surface area contributed by atoms with E-state index in [0.717, 1.165) is 24.1 Å². The molecule has 30 heavy (non-hydrogen) atoms. The van der Waals surface area contributed by atoms with Crippen LogP contribution in [-0.2, 0) is 26.0 Å². The number of sulfonamides is 1. The molecule has 2 amide bonds. The van der Waals surface area contributed by atoms with Crippen molar-refractivity contribution in [1.82, 2.24) is 14.9 Å². The normalized spacial score (nSPS) is 15.2. The molecule has 0 saturated carbocycles. The number of benzene rings is 2. The van der Waals surface area contributed by atoms with E-state index >= 15 is 0 Å². The molecular formula is C22H27N3O4S. The lowest BCUT2D eigenvalue weighted by atomic mass is 10.1. The Morgan fingerprint density at radius 2 is 1.80 bits per heavy atom. The summed E-state index contributed by atoms with van der Waals surface area (Å²) in [6.45, 7) is 1.19. The van der Waals surface area contributed by atoms with Gasteiger partial charge < -0.3 is 10.2 Å². The van der Waals surface area contributed by atoms with Gasteiger partial charge in [-0.3, -0.25) is 9.59 Å². The number of aryl methyl sites for hydroxylation is 1. The van der Waals surface area contributed by atoms with Crippen LogP contribution in [0.15, 0.2) is 59.5 Å². The molecule has 1 aliphatic heterocycles. The summed E-state index contributed by atoms with van der Waals surface area (Å²) in [4.78, 5) is 26.6. The summed E-state index contributed by atoms with van der Waals surface area (Å²) >= 11 is 0. The van der Waals surface area contributed by atoms with Gasteiger partial charge in [-0.25, -0.2) is 13.1 Å². The van der Waals surface area contributed by atoms with Gasteiger partial charge in [-0.05, 0) is 43.1 Å². The van der Waals surface area contributed by atoms with Gasteiger partial charge in [0.05, 0.1) is 10.9 Å². The van der Waals surface area contributed by atoms with Crippen LogP contribution in [0.5, 0.6) is 0 Å². The SMILES string of the molecule is CNS(=O)(=O)c1ccc(CCC(=O)NC(CN2CCCC2=O)c2ccccc2)cc1. The zero-order valence-electron chi connectivity index (χ0n) is 17.0. The van der Waals surface area contributed by atoms with E-state index in [1.54, 1.807) is 17.0 Å². The zero-order chi connectivity index (χ0) is 21.6. The number of carbonyl (C=O) groups is 2. The van der Waals surface area contributed by atoms with E-state index in [-0.39, 0.29) is 29.2 Å². The molecule has 1 aliphatic rings. The topological polar surface area (TPSA) is 95.6 Å². The number of hydrogen-bond acceptors (Lipinski definition) is 4. The molecule has 2 aromatic carbocycles. The second-order valence-electron chi connectivity index (χ2n) is 7.33. The number of hydrogen-bond donors (Lipinski definition) is 2. The van der Waals surface area contributed by atoms with Crippen LogP contribution in [0.4, 0.5) is 0 Å². The third-order valence-electron chi connectivity index (χ3n) is 5.25. The lowest BCUT2D eigenvalue weighted by molar-refractivity contribution is -0.129. The summed E-state index contributed by atoms with van der Waals surface area (Å²) in [5.74, 6) is 0.0178. The summed E-state index contributed by atoms with van der Waals surface area (Å²) in [7, 11) is -2.10. The summed E-state index contributed by atoms with van der Waals surface area (Å²) in [6, 6.07) is 15.9. The molecule has 0 aliphatic carbocycles. The van der Waals surface area contributed by atoms with E-state index in [1.807, 2.05) is 30.3 Å². The first-order valence-corrected chi connectivity index (χ1v) is 11.5. The second kappa shape index (κ2) is 9.86. The third kappa shape index (κ3) is 5.67. The van der Waals surface area contributed by atoms with Crippen LogP contribution in [0.2, 0.25) is 0 Å². The number of likely N-dealkylation sites (tertiary alicyclic amines) is 1. The van der Waals surface area contributed by atoms with Crippen LogP contribution in [0.1, 0.15) is 36.4 Å². The minimum atomic E-state index is -3.47. The van der Waals surface area contributed by atoms with E-state index < -0.39 is 10.0 Å². The van der Waals surface area contributed by atoms with Crippen LogP contribution < -0.4 is 10.0 Å². The van der Waals surface area contributed by atoms with E-state index in [9.17, 15) is 18.0 Å². The third-order valence-corrected chi connectivity index (χ3v) is 6.68. The lowest BCUT2D eigenvalue weighted by Crippen LogP contribution is -2.38. The molecule has 0 spiro atoms. The quantitative estimate of drug-likeness (QED) is 0.637. The van der Waals surface area contributed by atoms with Crippen molar-refractivity contribution in [2.45, 2.75) is 36.6 Å². The van der Waals surface area contributed by atoms with Gasteiger partial charge in [0.15, 0.2) is 0 Å². The molecule has 160 valence electrons. The Bertz CT molecular complexity index is 975. The fraction of sp³-hybridized carbons (Fsp3) is 0.364. The molecular weight excluding hydrogens is 402 g/mol. The maximum atomic E-state index is 12.6. The molecule has 1 unspecified atom stereocenters. The van der Waals surface area contributed by atoms with Gasteiger partial charge in [0.25, 0.3) is 0 Å². The Labute approximate surface area is 177 Å². The first kappa shape index (κ1) is 22.0. The van der Waals surface area contributed by atoms with Crippen molar-refractivity contribution in [3.8, 4) is 0 Å². The van der Waals surface area contributed by atoms with Crippen LogP contribution in [0.25, 0.3) is 0 Å². The Balaban J connectivity index is 1.61. The van der Waals surface area contributed by atoms with Gasteiger partial charge in [-0.2, -0.15) is 0 Å². The van der Waals surface area contributed by atoms with Gasteiger partial charge >= 0.3 is 0 Å². The van der Waals surface area contributed by atoms with Crippen molar-refractivity contribution >= 4 is 21.8 Å². The molecule has 7 nitrogen and oxygen atoms in total. The maximum Gasteiger partial charge on any atom is 0.240 e. The first-order chi connectivity index (χ1) is 14.4. The molecule has 2 N–H and O–H groups in total. The van der Waals surface area contributed by atoms with Crippen molar-refractivity contribution in [3.05, 3.63) is 65.7 Å². The highest BCUT2D eigenvalue weighted by Gasteiger charge is 2.25. The molecule has 1 atom stereocenters. The highest BCUT2D eigenvalue weighted by atomic mass is 32.2. The molecule has 1 fully saturated rings. The van der Waals surface area contributed by atoms with E-state index in [0.29, 0.717) is 19.4 Å². The monoisotopic (exact) mass is 429 g/mol.